The van der Waals surface area contributed by atoms with Crippen molar-refractivity contribution in [3.8, 4) is 0 Å². The van der Waals surface area contributed by atoms with Crippen LogP contribution in [0.2, 0.25) is 0 Å². The molecule has 0 amide bonds. The SMILES string of the molecule is Cc1ccncc1C1CNC1.Cl.Cl. The maximum absolute atomic E-state index is 4.12. The van der Waals surface area contributed by atoms with Gasteiger partial charge in [0.05, 0.1) is 0 Å². The molecular formula is C9H14Cl2N2. The molecule has 2 rings (SSSR count). The summed E-state index contributed by atoms with van der Waals surface area (Å²) in [6, 6.07) is 2.08. The number of aryl methyl sites for hydroxylation is 1. The summed E-state index contributed by atoms with van der Waals surface area (Å²) < 4.78 is 0. The molecule has 13 heavy (non-hydrogen) atoms. The smallest absolute Gasteiger partial charge is 0.0306 e. The van der Waals surface area contributed by atoms with E-state index in [1.54, 1.807) is 0 Å². The van der Waals surface area contributed by atoms with Gasteiger partial charge in [0.15, 0.2) is 0 Å². The first-order valence-electron chi connectivity index (χ1n) is 3.99. The second kappa shape index (κ2) is 5.43. The van der Waals surface area contributed by atoms with Crippen LogP contribution in [-0.2, 0) is 0 Å². The summed E-state index contributed by atoms with van der Waals surface area (Å²) >= 11 is 0. The Balaban J connectivity index is 0.000000720. The lowest BCUT2D eigenvalue weighted by Gasteiger charge is -2.28. The maximum atomic E-state index is 4.12. The van der Waals surface area contributed by atoms with Gasteiger partial charge in [-0.3, -0.25) is 4.98 Å². The van der Waals surface area contributed by atoms with Crippen molar-refractivity contribution in [2.24, 2.45) is 0 Å². The predicted octanol–water partition coefficient (Wildman–Crippen LogP) is 1.92. The van der Waals surface area contributed by atoms with Gasteiger partial charge >= 0.3 is 0 Å². The minimum Gasteiger partial charge on any atom is -0.315 e. The fraction of sp³-hybridized carbons (Fsp3) is 0.444. The Morgan fingerprint density at radius 1 is 1.38 bits per heavy atom. The van der Waals surface area contributed by atoms with Crippen molar-refractivity contribution in [1.82, 2.24) is 10.3 Å². The third-order valence-electron chi connectivity index (χ3n) is 2.30. The molecule has 1 aromatic heterocycles. The average molecular weight is 221 g/mol. The highest BCUT2D eigenvalue weighted by atomic mass is 35.5. The average Bonchev–Trinajstić information content (AvgIpc) is 1.90. The Morgan fingerprint density at radius 3 is 2.54 bits per heavy atom. The lowest BCUT2D eigenvalue weighted by molar-refractivity contribution is 0.446. The highest BCUT2D eigenvalue weighted by Crippen LogP contribution is 2.21. The highest BCUT2D eigenvalue weighted by Gasteiger charge is 2.19. The highest BCUT2D eigenvalue weighted by molar-refractivity contribution is 5.85. The van der Waals surface area contributed by atoms with Gasteiger partial charge in [-0.05, 0) is 24.1 Å². The van der Waals surface area contributed by atoms with E-state index in [1.807, 2.05) is 12.4 Å². The van der Waals surface area contributed by atoms with Gasteiger partial charge in [0, 0.05) is 31.4 Å². The fourth-order valence-electron chi connectivity index (χ4n) is 1.41. The van der Waals surface area contributed by atoms with Crippen LogP contribution in [-0.4, -0.2) is 18.1 Å². The largest absolute Gasteiger partial charge is 0.315 e. The van der Waals surface area contributed by atoms with Gasteiger partial charge in [0.25, 0.3) is 0 Å². The van der Waals surface area contributed by atoms with E-state index in [4.69, 9.17) is 0 Å². The predicted molar refractivity (Wildman–Crippen MR) is 59.1 cm³/mol. The Kier molecular flexibility index (Phi) is 5.30. The lowest BCUT2D eigenvalue weighted by atomic mass is 9.92. The Bertz CT molecular complexity index is 262. The number of nitrogens with one attached hydrogen (secondary N) is 1. The van der Waals surface area contributed by atoms with Crippen LogP contribution in [0.1, 0.15) is 17.0 Å². The van der Waals surface area contributed by atoms with Crippen LogP contribution >= 0.6 is 24.8 Å². The summed E-state index contributed by atoms with van der Waals surface area (Å²) in [4.78, 5) is 4.12. The second-order valence-electron chi connectivity index (χ2n) is 3.09. The third kappa shape index (κ3) is 2.56. The molecular weight excluding hydrogens is 207 g/mol. The van der Waals surface area contributed by atoms with Crippen LogP contribution in [0, 0.1) is 6.92 Å². The molecule has 1 fully saturated rings. The van der Waals surface area contributed by atoms with E-state index in [1.165, 1.54) is 11.1 Å². The Morgan fingerprint density at radius 2 is 2.08 bits per heavy atom. The summed E-state index contributed by atoms with van der Waals surface area (Å²) in [5.74, 6) is 0.712. The summed E-state index contributed by atoms with van der Waals surface area (Å²) in [5, 5.41) is 3.26. The molecule has 1 aromatic rings. The Labute approximate surface area is 91.0 Å². The number of pyridine rings is 1. The lowest BCUT2D eigenvalue weighted by Crippen LogP contribution is -2.40. The Hall–Kier alpha value is -0.310. The van der Waals surface area contributed by atoms with Crippen LogP contribution in [0.5, 0.6) is 0 Å². The number of nitrogens with zero attached hydrogens (tertiary/aromatic N) is 1. The van der Waals surface area contributed by atoms with Gasteiger partial charge in [0.2, 0.25) is 0 Å². The van der Waals surface area contributed by atoms with E-state index < -0.39 is 0 Å². The number of hydrogen-bond donors (Lipinski definition) is 1. The van der Waals surface area contributed by atoms with E-state index >= 15 is 0 Å². The van der Waals surface area contributed by atoms with Gasteiger partial charge in [-0.1, -0.05) is 0 Å². The van der Waals surface area contributed by atoms with Gasteiger partial charge in [0.1, 0.15) is 0 Å². The van der Waals surface area contributed by atoms with Gasteiger partial charge < -0.3 is 5.32 Å². The molecule has 0 saturated carbocycles. The molecule has 4 heteroatoms. The molecule has 0 bridgehead atoms. The molecule has 0 spiro atoms. The first-order valence-corrected chi connectivity index (χ1v) is 3.99. The van der Waals surface area contributed by atoms with Crippen molar-refractivity contribution in [3.63, 3.8) is 0 Å². The maximum Gasteiger partial charge on any atom is 0.0306 e. The summed E-state index contributed by atoms with van der Waals surface area (Å²) in [6.07, 6.45) is 3.84. The number of hydrogen-bond acceptors (Lipinski definition) is 2. The van der Waals surface area contributed by atoms with Crippen molar-refractivity contribution in [3.05, 3.63) is 29.6 Å². The van der Waals surface area contributed by atoms with E-state index in [0.29, 0.717) is 5.92 Å². The molecule has 1 saturated heterocycles. The molecule has 0 atom stereocenters. The van der Waals surface area contributed by atoms with Crippen molar-refractivity contribution < 1.29 is 0 Å². The van der Waals surface area contributed by atoms with E-state index in [-0.39, 0.29) is 24.8 Å². The minimum atomic E-state index is 0. The molecule has 1 N–H and O–H groups in total. The topological polar surface area (TPSA) is 24.9 Å². The molecule has 1 aliphatic heterocycles. The normalized spacial score (nSPS) is 15.2. The third-order valence-corrected chi connectivity index (χ3v) is 2.30. The molecule has 0 aliphatic carbocycles. The van der Waals surface area contributed by atoms with Gasteiger partial charge in [-0.2, -0.15) is 0 Å². The van der Waals surface area contributed by atoms with E-state index in [9.17, 15) is 0 Å². The molecule has 2 heterocycles. The van der Waals surface area contributed by atoms with E-state index in [0.717, 1.165) is 13.1 Å². The monoisotopic (exact) mass is 220 g/mol. The van der Waals surface area contributed by atoms with Crippen molar-refractivity contribution in [2.45, 2.75) is 12.8 Å². The van der Waals surface area contributed by atoms with Crippen molar-refractivity contribution >= 4 is 24.8 Å². The zero-order valence-corrected chi connectivity index (χ0v) is 9.12. The first kappa shape index (κ1) is 12.7. The summed E-state index contributed by atoms with van der Waals surface area (Å²) in [5.41, 5.74) is 2.78. The van der Waals surface area contributed by atoms with Crippen molar-refractivity contribution in [2.75, 3.05) is 13.1 Å². The quantitative estimate of drug-likeness (QED) is 0.783. The zero-order chi connectivity index (χ0) is 7.68. The van der Waals surface area contributed by atoms with Crippen LogP contribution in [0.25, 0.3) is 0 Å². The van der Waals surface area contributed by atoms with Crippen molar-refractivity contribution in [1.29, 1.82) is 0 Å². The van der Waals surface area contributed by atoms with E-state index in [2.05, 4.69) is 23.3 Å². The number of aromatic nitrogens is 1. The number of rotatable bonds is 1. The van der Waals surface area contributed by atoms with Crippen LogP contribution < -0.4 is 5.32 Å². The van der Waals surface area contributed by atoms with Gasteiger partial charge in [-0.15, -0.1) is 24.8 Å². The second-order valence-corrected chi connectivity index (χ2v) is 3.09. The molecule has 0 aromatic carbocycles. The van der Waals surface area contributed by atoms with Crippen LogP contribution in [0.15, 0.2) is 18.5 Å². The molecule has 0 radical (unpaired) electrons. The minimum absolute atomic E-state index is 0. The van der Waals surface area contributed by atoms with Gasteiger partial charge in [-0.25, -0.2) is 0 Å². The number of halogens is 2. The molecule has 2 nitrogen and oxygen atoms in total. The molecule has 1 aliphatic rings. The standard InChI is InChI=1S/C9H12N2.2ClH/c1-7-2-3-10-6-9(7)8-4-11-5-8;;/h2-3,6,8,11H,4-5H2,1H3;2*1H. The fourth-order valence-corrected chi connectivity index (χ4v) is 1.41. The molecule has 0 unspecified atom stereocenters. The van der Waals surface area contributed by atoms with Crippen LogP contribution in [0.3, 0.4) is 0 Å². The zero-order valence-electron chi connectivity index (χ0n) is 7.49. The first-order chi connectivity index (χ1) is 5.38. The van der Waals surface area contributed by atoms with Crippen LogP contribution in [0.4, 0.5) is 0 Å². The summed E-state index contributed by atoms with van der Waals surface area (Å²) in [7, 11) is 0. The summed E-state index contributed by atoms with van der Waals surface area (Å²) in [6.45, 7) is 4.38. The molecule has 74 valence electrons.